The van der Waals surface area contributed by atoms with Crippen molar-refractivity contribution in [2.75, 3.05) is 19.1 Å². The van der Waals surface area contributed by atoms with E-state index in [-0.39, 0.29) is 0 Å². The third-order valence-electron chi connectivity index (χ3n) is 2.56. The first kappa shape index (κ1) is 15.2. The summed E-state index contributed by atoms with van der Waals surface area (Å²) < 4.78 is 5.50. The molecule has 0 rings (SSSR count). The Morgan fingerprint density at radius 3 is 1.87 bits per heavy atom. The van der Waals surface area contributed by atoms with Crippen molar-refractivity contribution in [1.29, 1.82) is 0 Å². The Hall–Kier alpha value is 0.250. The Kier molecular flexibility index (Phi) is 14.5. The Morgan fingerprint density at radius 1 is 0.733 bits per heavy atom. The van der Waals surface area contributed by atoms with Crippen LogP contribution in [0.15, 0.2) is 0 Å². The molecular weight excluding hydrogens is 208 g/mol. The van der Waals surface area contributed by atoms with E-state index in [4.69, 9.17) is 16.3 Å². The van der Waals surface area contributed by atoms with E-state index < -0.39 is 0 Å². The van der Waals surface area contributed by atoms with Crippen LogP contribution in [0.5, 0.6) is 0 Å². The molecule has 92 valence electrons. The highest BCUT2D eigenvalue weighted by atomic mass is 35.5. The first-order valence-electron chi connectivity index (χ1n) is 6.55. The molecule has 2 heteroatoms. The molecule has 0 radical (unpaired) electrons. The first-order valence-corrected chi connectivity index (χ1v) is 7.09. The van der Waals surface area contributed by atoms with Crippen molar-refractivity contribution in [3.05, 3.63) is 0 Å². The molecule has 0 amide bonds. The summed E-state index contributed by atoms with van der Waals surface area (Å²) in [4.78, 5) is 0. The van der Waals surface area contributed by atoms with Gasteiger partial charge in [0.15, 0.2) is 0 Å². The van der Waals surface area contributed by atoms with Gasteiger partial charge in [-0.2, -0.15) is 0 Å². The van der Waals surface area contributed by atoms with Gasteiger partial charge >= 0.3 is 0 Å². The molecule has 15 heavy (non-hydrogen) atoms. The maximum Gasteiger partial charge on any atom is 0.0466 e. The molecule has 0 bridgehead atoms. The Balaban J connectivity index is 2.81. The Labute approximate surface area is 101 Å². The minimum atomic E-state index is 0.765. The highest BCUT2D eigenvalue weighted by Gasteiger charge is 1.92. The summed E-state index contributed by atoms with van der Waals surface area (Å²) >= 11 is 5.57. The fourth-order valence-electron chi connectivity index (χ4n) is 1.56. The summed E-state index contributed by atoms with van der Waals surface area (Å²) in [7, 11) is 0. The molecule has 0 heterocycles. The summed E-state index contributed by atoms with van der Waals surface area (Å²) in [6.45, 7) is 4.09. The van der Waals surface area contributed by atoms with Crippen LogP contribution in [0.2, 0.25) is 0 Å². The maximum absolute atomic E-state index is 5.57. The molecule has 0 saturated heterocycles. The Bertz CT molecular complexity index is 94.7. The second-order valence-electron chi connectivity index (χ2n) is 4.13. The lowest BCUT2D eigenvalue weighted by molar-refractivity contribution is 0.127. The molecule has 0 aromatic heterocycles. The van der Waals surface area contributed by atoms with Crippen LogP contribution in [0, 0.1) is 0 Å². The largest absolute Gasteiger partial charge is 0.381 e. The molecule has 0 saturated carbocycles. The van der Waals surface area contributed by atoms with Crippen molar-refractivity contribution < 1.29 is 4.74 Å². The zero-order chi connectivity index (χ0) is 11.2. The smallest absolute Gasteiger partial charge is 0.0466 e. The SMILES string of the molecule is CCCCCCCCCOCCCCCl. The lowest BCUT2D eigenvalue weighted by atomic mass is 10.1. The molecule has 0 aromatic rings. The quantitative estimate of drug-likeness (QED) is 0.349. The third-order valence-corrected chi connectivity index (χ3v) is 2.83. The van der Waals surface area contributed by atoms with Crippen LogP contribution < -0.4 is 0 Å². The fourth-order valence-corrected chi connectivity index (χ4v) is 1.75. The highest BCUT2D eigenvalue weighted by Crippen LogP contribution is 2.06. The van der Waals surface area contributed by atoms with E-state index in [9.17, 15) is 0 Å². The van der Waals surface area contributed by atoms with E-state index in [1.807, 2.05) is 0 Å². The minimum absolute atomic E-state index is 0.765. The van der Waals surface area contributed by atoms with Crippen molar-refractivity contribution in [2.45, 2.75) is 64.7 Å². The van der Waals surface area contributed by atoms with Gasteiger partial charge in [-0.05, 0) is 19.3 Å². The van der Waals surface area contributed by atoms with Crippen LogP contribution in [0.25, 0.3) is 0 Å². The van der Waals surface area contributed by atoms with Gasteiger partial charge < -0.3 is 4.74 Å². The zero-order valence-electron chi connectivity index (χ0n) is 10.3. The molecule has 0 N–H and O–H groups in total. The van der Waals surface area contributed by atoms with Gasteiger partial charge in [-0.25, -0.2) is 0 Å². The summed E-state index contributed by atoms with van der Waals surface area (Å²) in [6, 6.07) is 0. The van der Waals surface area contributed by atoms with Gasteiger partial charge in [0.2, 0.25) is 0 Å². The molecule has 0 spiro atoms. The van der Waals surface area contributed by atoms with E-state index in [1.54, 1.807) is 0 Å². The average Bonchev–Trinajstić information content (AvgIpc) is 2.26. The second kappa shape index (κ2) is 14.2. The molecule has 0 aliphatic rings. The summed E-state index contributed by atoms with van der Waals surface area (Å²) in [5.41, 5.74) is 0. The van der Waals surface area contributed by atoms with Gasteiger partial charge in [0, 0.05) is 19.1 Å². The summed E-state index contributed by atoms with van der Waals surface area (Å²) in [5.74, 6) is 0.765. The van der Waals surface area contributed by atoms with Gasteiger partial charge in [0.1, 0.15) is 0 Å². The number of alkyl halides is 1. The van der Waals surface area contributed by atoms with E-state index in [2.05, 4.69) is 6.92 Å². The standard InChI is InChI=1S/C13H27ClO/c1-2-3-4-5-6-7-9-12-15-13-10-8-11-14/h2-13H2,1H3. The second-order valence-corrected chi connectivity index (χ2v) is 4.51. The predicted molar refractivity (Wildman–Crippen MR) is 68.8 cm³/mol. The number of rotatable bonds is 12. The van der Waals surface area contributed by atoms with Crippen LogP contribution in [0.3, 0.4) is 0 Å². The third kappa shape index (κ3) is 14.2. The normalized spacial score (nSPS) is 10.8. The number of ether oxygens (including phenoxy) is 1. The summed E-state index contributed by atoms with van der Waals surface area (Å²) in [5, 5.41) is 0. The van der Waals surface area contributed by atoms with Crippen molar-refractivity contribution in [3.8, 4) is 0 Å². The lowest BCUT2D eigenvalue weighted by Crippen LogP contribution is -1.97. The number of halogens is 1. The van der Waals surface area contributed by atoms with Gasteiger partial charge in [-0.3, -0.25) is 0 Å². The van der Waals surface area contributed by atoms with Crippen molar-refractivity contribution in [3.63, 3.8) is 0 Å². The van der Waals surface area contributed by atoms with Crippen molar-refractivity contribution in [1.82, 2.24) is 0 Å². The van der Waals surface area contributed by atoms with Crippen molar-refractivity contribution in [2.24, 2.45) is 0 Å². The summed E-state index contributed by atoms with van der Waals surface area (Å²) in [6.07, 6.45) is 11.7. The van der Waals surface area contributed by atoms with Gasteiger partial charge in [0.05, 0.1) is 0 Å². The highest BCUT2D eigenvalue weighted by molar-refractivity contribution is 6.17. The van der Waals surface area contributed by atoms with Crippen LogP contribution in [-0.2, 0) is 4.74 Å². The number of hydrogen-bond acceptors (Lipinski definition) is 1. The maximum atomic E-state index is 5.57. The van der Waals surface area contributed by atoms with E-state index in [0.717, 1.165) is 31.9 Å². The van der Waals surface area contributed by atoms with E-state index in [0.29, 0.717) is 0 Å². The molecule has 1 nitrogen and oxygen atoms in total. The van der Waals surface area contributed by atoms with Crippen molar-refractivity contribution >= 4 is 11.6 Å². The molecule has 0 aliphatic carbocycles. The molecule has 0 fully saturated rings. The van der Waals surface area contributed by atoms with Crippen LogP contribution in [-0.4, -0.2) is 19.1 Å². The van der Waals surface area contributed by atoms with Gasteiger partial charge in [-0.15, -0.1) is 11.6 Å². The molecule has 0 aliphatic heterocycles. The van der Waals surface area contributed by atoms with E-state index >= 15 is 0 Å². The monoisotopic (exact) mass is 234 g/mol. The number of hydrogen-bond donors (Lipinski definition) is 0. The molecule has 0 atom stereocenters. The molecule has 0 unspecified atom stereocenters. The zero-order valence-corrected chi connectivity index (χ0v) is 11.0. The predicted octanol–water partition coefficient (Wildman–Crippen LogP) is 4.77. The lowest BCUT2D eigenvalue weighted by Gasteiger charge is -2.03. The topological polar surface area (TPSA) is 9.23 Å². The van der Waals surface area contributed by atoms with Crippen LogP contribution in [0.1, 0.15) is 64.7 Å². The fraction of sp³-hybridized carbons (Fsp3) is 1.00. The first-order chi connectivity index (χ1) is 7.41. The average molecular weight is 235 g/mol. The van der Waals surface area contributed by atoms with Crippen LogP contribution in [0.4, 0.5) is 0 Å². The van der Waals surface area contributed by atoms with E-state index in [1.165, 1.54) is 44.9 Å². The van der Waals surface area contributed by atoms with Gasteiger partial charge in [0.25, 0.3) is 0 Å². The molecule has 0 aromatic carbocycles. The van der Waals surface area contributed by atoms with Gasteiger partial charge in [-0.1, -0.05) is 45.4 Å². The van der Waals surface area contributed by atoms with Crippen LogP contribution >= 0.6 is 11.6 Å². The number of unbranched alkanes of at least 4 members (excludes halogenated alkanes) is 7. The minimum Gasteiger partial charge on any atom is -0.381 e. The Morgan fingerprint density at radius 2 is 1.27 bits per heavy atom. The molecular formula is C13H27ClO.